The lowest BCUT2D eigenvalue weighted by molar-refractivity contribution is 0.0829. The molecule has 174 valence electrons. The molecule has 3 N–H and O–H groups in total. The number of hydrogen-bond acceptors (Lipinski definition) is 6. The Labute approximate surface area is 196 Å². The molecule has 4 rings (SSSR count). The van der Waals surface area contributed by atoms with Crippen molar-refractivity contribution in [3.8, 4) is 5.75 Å². The number of fused-ring (bicyclic) bond motifs is 1. The number of hydrazone groups is 1. The van der Waals surface area contributed by atoms with Crippen LogP contribution in [0, 0.1) is 6.92 Å². The number of nitrogens with zero attached hydrogens (tertiary/aromatic N) is 1. The Morgan fingerprint density at radius 2 is 1.65 bits per heavy atom. The van der Waals surface area contributed by atoms with Crippen LogP contribution in [0.15, 0.2) is 64.1 Å². The predicted molar refractivity (Wildman–Crippen MR) is 125 cm³/mol. The molecule has 0 spiro atoms. The van der Waals surface area contributed by atoms with E-state index < -0.39 is 11.8 Å². The molecule has 1 aromatic heterocycles. The molecule has 9 nitrogen and oxygen atoms in total. The van der Waals surface area contributed by atoms with Gasteiger partial charge in [0.1, 0.15) is 11.5 Å². The van der Waals surface area contributed by atoms with Gasteiger partial charge in [-0.1, -0.05) is 24.3 Å². The molecule has 0 bridgehead atoms. The quantitative estimate of drug-likeness (QED) is 0.505. The highest BCUT2D eigenvalue weighted by Crippen LogP contribution is 2.29. The highest BCUT2D eigenvalue weighted by molar-refractivity contribution is 6.07. The van der Waals surface area contributed by atoms with Gasteiger partial charge in [-0.25, -0.2) is 5.43 Å². The SMILES string of the molecule is COc1cccc(C(=O)N/N=C2\CCCc3oc(C(=O)NNC(=O)c4ccccc4)c(C)c32)c1. The maximum Gasteiger partial charge on any atom is 0.305 e. The lowest BCUT2D eigenvalue weighted by Gasteiger charge is -2.13. The first kappa shape index (κ1) is 22.8. The Balaban J connectivity index is 1.48. The van der Waals surface area contributed by atoms with E-state index in [2.05, 4.69) is 21.4 Å². The van der Waals surface area contributed by atoms with Crippen LogP contribution >= 0.6 is 0 Å². The highest BCUT2D eigenvalue weighted by atomic mass is 16.5. The number of rotatable bonds is 5. The van der Waals surface area contributed by atoms with Gasteiger partial charge in [0, 0.05) is 28.7 Å². The Bertz CT molecular complexity index is 1260. The summed E-state index contributed by atoms with van der Waals surface area (Å²) in [4.78, 5) is 37.4. The zero-order chi connectivity index (χ0) is 24.1. The summed E-state index contributed by atoms with van der Waals surface area (Å²) in [6.07, 6.45) is 2.03. The van der Waals surface area contributed by atoms with Crippen LogP contribution in [0.1, 0.15) is 61.0 Å². The van der Waals surface area contributed by atoms with Gasteiger partial charge < -0.3 is 9.15 Å². The molecule has 0 aliphatic heterocycles. The number of hydrogen-bond donors (Lipinski definition) is 3. The van der Waals surface area contributed by atoms with Gasteiger partial charge in [0.25, 0.3) is 11.8 Å². The number of furan rings is 1. The molecule has 0 saturated heterocycles. The second-order valence-corrected chi connectivity index (χ2v) is 7.71. The summed E-state index contributed by atoms with van der Waals surface area (Å²) in [5.74, 6) is -0.103. The Hall–Kier alpha value is -4.40. The monoisotopic (exact) mass is 460 g/mol. The molecule has 1 heterocycles. The molecule has 3 amide bonds. The normalized spacial score (nSPS) is 13.6. The topological polar surface area (TPSA) is 122 Å². The van der Waals surface area contributed by atoms with Crippen LogP contribution in [-0.2, 0) is 6.42 Å². The minimum atomic E-state index is -0.573. The second-order valence-electron chi connectivity index (χ2n) is 7.71. The van der Waals surface area contributed by atoms with Crippen molar-refractivity contribution in [3.05, 3.63) is 88.4 Å². The zero-order valence-electron chi connectivity index (χ0n) is 18.8. The number of hydrazine groups is 1. The van der Waals surface area contributed by atoms with Crippen LogP contribution in [-0.4, -0.2) is 30.5 Å². The summed E-state index contributed by atoms with van der Waals surface area (Å²) in [5, 5.41) is 4.32. The number of ether oxygens (including phenoxy) is 1. The Morgan fingerprint density at radius 3 is 2.41 bits per heavy atom. The first-order chi connectivity index (χ1) is 16.5. The van der Waals surface area contributed by atoms with E-state index in [9.17, 15) is 14.4 Å². The lowest BCUT2D eigenvalue weighted by atomic mass is 9.93. The summed E-state index contributed by atoms with van der Waals surface area (Å²) in [7, 11) is 1.53. The number of aryl methyl sites for hydroxylation is 1. The predicted octanol–water partition coefficient (Wildman–Crippen LogP) is 3.14. The summed E-state index contributed by atoms with van der Waals surface area (Å²) >= 11 is 0. The van der Waals surface area contributed by atoms with Gasteiger partial charge in [0.15, 0.2) is 5.76 Å². The number of nitrogens with one attached hydrogen (secondary N) is 3. The number of methoxy groups -OCH3 is 1. The van der Waals surface area contributed by atoms with Gasteiger partial charge in [-0.3, -0.25) is 25.2 Å². The standard InChI is InChI=1S/C25H24N4O5/c1-15-21-19(26-27-24(31)17-10-6-11-18(14-17)33-2)12-7-13-20(21)34-22(15)25(32)29-28-23(30)16-8-4-3-5-9-16/h3-6,8-11,14H,7,12-13H2,1-2H3,(H,27,31)(H,28,30)(H,29,32)/b26-19+. The van der Waals surface area contributed by atoms with E-state index in [0.717, 1.165) is 6.42 Å². The first-order valence-corrected chi connectivity index (χ1v) is 10.8. The van der Waals surface area contributed by atoms with E-state index in [1.807, 2.05) is 0 Å². The van der Waals surface area contributed by atoms with Crippen molar-refractivity contribution < 1.29 is 23.5 Å². The molecule has 1 aliphatic rings. The van der Waals surface area contributed by atoms with Crippen molar-refractivity contribution >= 4 is 23.4 Å². The fourth-order valence-corrected chi connectivity index (χ4v) is 3.78. The average molecular weight is 460 g/mol. The maximum atomic E-state index is 12.7. The molecule has 2 aromatic carbocycles. The van der Waals surface area contributed by atoms with Crippen LogP contribution in [0.2, 0.25) is 0 Å². The molecular weight excluding hydrogens is 436 g/mol. The van der Waals surface area contributed by atoms with Crippen molar-refractivity contribution in [2.24, 2.45) is 5.10 Å². The third-order valence-corrected chi connectivity index (χ3v) is 5.48. The van der Waals surface area contributed by atoms with Crippen molar-refractivity contribution in [1.82, 2.24) is 16.3 Å². The van der Waals surface area contributed by atoms with Crippen LogP contribution in [0.3, 0.4) is 0 Å². The fourth-order valence-electron chi connectivity index (χ4n) is 3.78. The summed E-state index contributed by atoms with van der Waals surface area (Å²) < 4.78 is 11.0. The van der Waals surface area contributed by atoms with Gasteiger partial charge in [-0.05, 0) is 50.1 Å². The van der Waals surface area contributed by atoms with Crippen LogP contribution in [0.25, 0.3) is 0 Å². The number of carbonyl (C=O) groups is 3. The first-order valence-electron chi connectivity index (χ1n) is 10.8. The minimum absolute atomic E-state index is 0.0899. The molecular formula is C25H24N4O5. The average Bonchev–Trinajstić information content (AvgIpc) is 3.23. The summed E-state index contributed by atoms with van der Waals surface area (Å²) in [6.45, 7) is 1.75. The molecule has 9 heteroatoms. The van der Waals surface area contributed by atoms with E-state index >= 15 is 0 Å². The fraction of sp³-hybridized carbons (Fsp3) is 0.200. The van der Waals surface area contributed by atoms with Crippen molar-refractivity contribution in [3.63, 3.8) is 0 Å². The van der Waals surface area contributed by atoms with Crippen molar-refractivity contribution in [2.45, 2.75) is 26.2 Å². The van der Waals surface area contributed by atoms with Crippen LogP contribution in [0.4, 0.5) is 0 Å². The number of amides is 3. The zero-order valence-corrected chi connectivity index (χ0v) is 18.8. The third-order valence-electron chi connectivity index (χ3n) is 5.48. The second kappa shape index (κ2) is 10.0. The van der Waals surface area contributed by atoms with Crippen molar-refractivity contribution in [2.75, 3.05) is 7.11 Å². The van der Waals surface area contributed by atoms with E-state index in [4.69, 9.17) is 9.15 Å². The molecule has 0 atom stereocenters. The van der Waals surface area contributed by atoms with E-state index in [1.165, 1.54) is 7.11 Å². The molecule has 0 radical (unpaired) electrons. The highest BCUT2D eigenvalue weighted by Gasteiger charge is 2.28. The van der Waals surface area contributed by atoms with E-state index in [-0.39, 0.29) is 11.7 Å². The van der Waals surface area contributed by atoms with E-state index in [0.29, 0.717) is 52.3 Å². The molecule has 0 saturated carbocycles. The van der Waals surface area contributed by atoms with Gasteiger partial charge in [0.05, 0.1) is 12.8 Å². The molecule has 1 aliphatic carbocycles. The minimum Gasteiger partial charge on any atom is -0.497 e. The third kappa shape index (κ3) is 4.83. The van der Waals surface area contributed by atoms with Gasteiger partial charge in [-0.15, -0.1) is 0 Å². The Kier molecular flexibility index (Phi) is 6.72. The number of benzene rings is 2. The van der Waals surface area contributed by atoms with E-state index in [1.54, 1.807) is 61.5 Å². The molecule has 3 aromatic rings. The van der Waals surface area contributed by atoms with Crippen molar-refractivity contribution in [1.29, 1.82) is 0 Å². The number of carbonyl (C=O) groups excluding carboxylic acids is 3. The molecule has 0 fully saturated rings. The lowest BCUT2D eigenvalue weighted by Crippen LogP contribution is -2.41. The van der Waals surface area contributed by atoms with Crippen LogP contribution in [0.5, 0.6) is 5.75 Å². The van der Waals surface area contributed by atoms with Gasteiger partial charge in [0.2, 0.25) is 0 Å². The summed E-state index contributed by atoms with van der Waals surface area (Å²) in [6, 6.07) is 15.3. The molecule has 34 heavy (non-hydrogen) atoms. The largest absolute Gasteiger partial charge is 0.497 e. The molecule has 0 unspecified atom stereocenters. The summed E-state index contributed by atoms with van der Waals surface area (Å²) in [5.41, 5.74) is 10.1. The Morgan fingerprint density at radius 1 is 0.912 bits per heavy atom. The van der Waals surface area contributed by atoms with Gasteiger partial charge in [-0.2, -0.15) is 5.10 Å². The smallest absolute Gasteiger partial charge is 0.305 e. The van der Waals surface area contributed by atoms with Gasteiger partial charge >= 0.3 is 5.91 Å². The maximum absolute atomic E-state index is 12.7. The van der Waals surface area contributed by atoms with Crippen LogP contribution < -0.4 is 21.0 Å².